The van der Waals surface area contributed by atoms with Crippen molar-refractivity contribution < 1.29 is 19.5 Å². The van der Waals surface area contributed by atoms with Crippen molar-refractivity contribution in [2.24, 2.45) is 5.92 Å². The second-order valence-electron chi connectivity index (χ2n) is 7.46. The number of carbonyl (C=O) groups excluding carboxylic acids is 2. The number of carboxylic acids is 1. The zero-order valence-electron chi connectivity index (χ0n) is 16.5. The number of carboxylic acid groups (broad SMARTS) is 1. The zero-order chi connectivity index (χ0) is 20.7. The highest BCUT2D eigenvalue weighted by atomic mass is 32.1. The number of amides is 2. The lowest BCUT2D eigenvalue weighted by molar-refractivity contribution is -0.154. The average molecular weight is 407 g/mol. The molecule has 1 aromatic rings. The van der Waals surface area contributed by atoms with E-state index in [-0.39, 0.29) is 17.7 Å². The second-order valence-corrected chi connectivity index (χ2v) is 8.08. The number of piperidine rings is 1. The van der Waals surface area contributed by atoms with Crippen molar-refractivity contribution >= 4 is 30.4 Å². The maximum atomic E-state index is 13.2. The van der Waals surface area contributed by atoms with Gasteiger partial charge in [0.05, 0.1) is 5.25 Å². The molecule has 2 N–H and O–H groups in total. The van der Waals surface area contributed by atoms with Gasteiger partial charge in [0, 0.05) is 6.54 Å². The Kier molecular flexibility index (Phi) is 8.35. The first-order valence-electron chi connectivity index (χ1n) is 9.90. The average Bonchev–Trinajstić information content (AvgIpc) is 2.71. The smallest absolute Gasteiger partial charge is 0.326 e. The largest absolute Gasteiger partial charge is 0.480 e. The molecule has 0 saturated carbocycles. The first kappa shape index (κ1) is 22.3. The van der Waals surface area contributed by atoms with Crippen LogP contribution in [-0.2, 0) is 20.8 Å². The van der Waals surface area contributed by atoms with Crippen LogP contribution < -0.4 is 5.32 Å². The van der Waals surface area contributed by atoms with Crippen LogP contribution in [0.5, 0.6) is 0 Å². The number of aliphatic carboxylic acids is 1. The van der Waals surface area contributed by atoms with Crippen LogP contribution in [-0.4, -0.2) is 51.7 Å². The fraction of sp³-hybridized carbons (Fsp3) is 0.571. The number of hydrogen-bond acceptors (Lipinski definition) is 4. The SMILES string of the molecule is CC[C@H](C)[C@H](NC(=O)C(S)Cc1ccccc1)C(=O)N1CCCCC1C(=O)O. The van der Waals surface area contributed by atoms with Gasteiger partial charge >= 0.3 is 5.97 Å². The van der Waals surface area contributed by atoms with E-state index in [0.717, 1.165) is 18.4 Å². The van der Waals surface area contributed by atoms with Crippen LogP contribution in [0.15, 0.2) is 30.3 Å². The van der Waals surface area contributed by atoms with Gasteiger partial charge in [0.15, 0.2) is 0 Å². The van der Waals surface area contributed by atoms with Gasteiger partial charge in [-0.2, -0.15) is 12.6 Å². The summed E-state index contributed by atoms with van der Waals surface area (Å²) in [7, 11) is 0. The number of thiol groups is 1. The van der Waals surface area contributed by atoms with Crippen LogP contribution in [0.3, 0.4) is 0 Å². The Labute approximate surface area is 172 Å². The number of likely N-dealkylation sites (tertiary alicyclic amines) is 1. The Morgan fingerprint density at radius 3 is 2.54 bits per heavy atom. The number of nitrogens with zero attached hydrogens (tertiary/aromatic N) is 1. The molecule has 1 aliphatic rings. The quantitative estimate of drug-likeness (QED) is 0.579. The maximum absolute atomic E-state index is 13.2. The first-order valence-corrected chi connectivity index (χ1v) is 10.4. The normalized spacial score (nSPS) is 20.1. The number of carbonyl (C=O) groups is 3. The summed E-state index contributed by atoms with van der Waals surface area (Å²) >= 11 is 4.42. The lowest BCUT2D eigenvalue weighted by Gasteiger charge is -2.37. The fourth-order valence-electron chi connectivity index (χ4n) is 3.49. The summed E-state index contributed by atoms with van der Waals surface area (Å²) in [4.78, 5) is 38.9. The minimum Gasteiger partial charge on any atom is -0.480 e. The van der Waals surface area contributed by atoms with Crippen LogP contribution in [0.1, 0.15) is 45.1 Å². The van der Waals surface area contributed by atoms with Gasteiger partial charge in [-0.15, -0.1) is 0 Å². The summed E-state index contributed by atoms with van der Waals surface area (Å²) in [5.41, 5.74) is 0.992. The molecule has 0 aliphatic carbocycles. The van der Waals surface area contributed by atoms with Gasteiger partial charge in [-0.3, -0.25) is 9.59 Å². The molecule has 7 heteroatoms. The molecule has 1 heterocycles. The summed E-state index contributed by atoms with van der Waals surface area (Å²) < 4.78 is 0. The molecule has 1 fully saturated rings. The second kappa shape index (κ2) is 10.5. The monoisotopic (exact) mass is 406 g/mol. The Bertz CT molecular complexity index is 682. The lowest BCUT2D eigenvalue weighted by atomic mass is 9.94. The predicted molar refractivity (Wildman–Crippen MR) is 111 cm³/mol. The summed E-state index contributed by atoms with van der Waals surface area (Å²) in [6.07, 6.45) is 3.17. The van der Waals surface area contributed by atoms with Crippen molar-refractivity contribution in [3.05, 3.63) is 35.9 Å². The molecule has 0 radical (unpaired) electrons. The zero-order valence-corrected chi connectivity index (χ0v) is 17.4. The molecule has 154 valence electrons. The van der Waals surface area contributed by atoms with Gasteiger partial charge in [-0.25, -0.2) is 4.79 Å². The summed E-state index contributed by atoms with van der Waals surface area (Å²) in [6.45, 7) is 4.25. The highest BCUT2D eigenvalue weighted by Crippen LogP contribution is 2.21. The van der Waals surface area contributed by atoms with E-state index < -0.39 is 23.3 Å². The van der Waals surface area contributed by atoms with Crippen LogP contribution in [0.2, 0.25) is 0 Å². The van der Waals surface area contributed by atoms with E-state index in [9.17, 15) is 19.5 Å². The Balaban J connectivity index is 2.10. The molecule has 1 aliphatic heterocycles. The lowest BCUT2D eigenvalue weighted by Crippen LogP contribution is -2.58. The molecule has 0 bridgehead atoms. The molecule has 6 nitrogen and oxygen atoms in total. The van der Waals surface area contributed by atoms with Crippen molar-refractivity contribution in [3.8, 4) is 0 Å². The van der Waals surface area contributed by atoms with Crippen molar-refractivity contribution in [3.63, 3.8) is 0 Å². The minimum atomic E-state index is -0.988. The van der Waals surface area contributed by atoms with Crippen molar-refractivity contribution in [2.75, 3.05) is 6.54 Å². The third kappa shape index (κ3) is 5.74. The van der Waals surface area contributed by atoms with Crippen LogP contribution >= 0.6 is 12.6 Å². The molecule has 2 rings (SSSR count). The van der Waals surface area contributed by atoms with Crippen molar-refractivity contribution in [2.45, 2.75) is 63.3 Å². The first-order chi connectivity index (χ1) is 13.3. The van der Waals surface area contributed by atoms with E-state index in [1.807, 2.05) is 44.2 Å². The standard InChI is InChI=1S/C21H30N2O4S/c1-3-14(2)18(20(25)23-12-8-7-11-16(23)21(26)27)22-19(24)17(28)13-15-9-5-4-6-10-15/h4-6,9-10,14,16-18,28H,3,7-8,11-13H2,1-2H3,(H,22,24)(H,26,27)/t14-,16?,17?,18-/m0/s1. The molecule has 4 atom stereocenters. The van der Waals surface area contributed by atoms with Crippen molar-refractivity contribution in [1.29, 1.82) is 0 Å². The number of benzene rings is 1. The van der Waals surface area contributed by atoms with Crippen LogP contribution in [0, 0.1) is 5.92 Å². The van der Waals surface area contributed by atoms with Gasteiger partial charge in [-0.1, -0.05) is 50.6 Å². The summed E-state index contributed by atoms with van der Waals surface area (Å²) in [5, 5.41) is 11.7. The molecule has 28 heavy (non-hydrogen) atoms. The molecule has 2 amide bonds. The topological polar surface area (TPSA) is 86.7 Å². The van der Waals surface area contributed by atoms with E-state index in [2.05, 4.69) is 17.9 Å². The van der Waals surface area contributed by atoms with Gasteiger partial charge < -0.3 is 15.3 Å². The third-order valence-corrected chi connectivity index (χ3v) is 5.84. The Morgan fingerprint density at radius 2 is 1.93 bits per heavy atom. The highest BCUT2D eigenvalue weighted by Gasteiger charge is 2.38. The van der Waals surface area contributed by atoms with Gasteiger partial charge in [-0.05, 0) is 37.2 Å². The third-order valence-electron chi connectivity index (χ3n) is 5.42. The van der Waals surface area contributed by atoms with Gasteiger partial charge in [0.25, 0.3) is 0 Å². The summed E-state index contributed by atoms with van der Waals surface area (Å²) in [6, 6.07) is 8.01. The van der Waals surface area contributed by atoms with Crippen LogP contribution in [0.25, 0.3) is 0 Å². The van der Waals surface area contributed by atoms with E-state index in [1.165, 1.54) is 4.90 Å². The summed E-state index contributed by atoms with van der Waals surface area (Å²) in [5.74, 6) is -1.71. The molecule has 2 unspecified atom stereocenters. The highest BCUT2D eigenvalue weighted by molar-refractivity contribution is 7.81. The minimum absolute atomic E-state index is 0.106. The number of hydrogen-bond donors (Lipinski definition) is 3. The van der Waals surface area contributed by atoms with E-state index in [4.69, 9.17) is 0 Å². The predicted octanol–water partition coefficient (Wildman–Crippen LogP) is 2.52. The molecule has 0 aromatic heterocycles. The number of rotatable bonds is 8. The maximum Gasteiger partial charge on any atom is 0.326 e. The van der Waals surface area contributed by atoms with Gasteiger partial charge in [0.1, 0.15) is 12.1 Å². The van der Waals surface area contributed by atoms with Gasteiger partial charge in [0.2, 0.25) is 11.8 Å². The molecule has 1 aromatic carbocycles. The fourth-order valence-corrected chi connectivity index (χ4v) is 3.78. The molecular weight excluding hydrogens is 376 g/mol. The van der Waals surface area contributed by atoms with E-state index in [0.29, 0.717) is 25.8 Å². The van der Waals surface area contributed by atoms with E-state index >= 15 is 0 Å². The Hall–Kier alpha value is -2.02. The van der Waals surface area contributed by atoms with E-state index in [1.54, 1.807) is 0 Å². The molecular formula is C21H30N2O4S. The number of nitrogens with one attached hydrogen (secondary N) is 1. The Morgan fingerprint density at radius 1 is 1.25 bits per heavy atom. The van der Waals surface area contributed by atoms with Crippen LogP contribution in [0.4, 0.5) is 0 Å². The molecule has 0 spiro atoms. The molecule has 1 saturated heterocycles. The van der Waals surface area contributed by atoms with Crippen molar-refractivity contribution in [1.82, 2.24) is 10.2 Å².